The van der Waals surface area contributed by atoms with E-state index in [-0.39, 0.29) is 11.7 Å². The summed E-state index contributed by atoms with van der Waals surface area (Å²) in [7, 11) is 1.89. The van der Waals surface area contributed by atoms with Crippen LogP contribution in [-0.4, -0.2) is 42.8 Å². The molecule has 1 atom stereocenters. The molecule has 0 aliphatic carbocycles. The van der Waals surface area contributed by atoms with Gasteiger partial charge in [-0.3, -0.25) is 10.1 Å². The van der Waals surface area contributed by atoms with Crippen LogP contribution in [0.25, 0.3) is 0 Å². The number of anilines is 2. The zero-order valence-electron chi connectivity index (χ0n) is 11.1. The van der Waals surface area contributed by atoms with Crippen molar-refractivity contribution < 1.29 is 9.66 Å². The SMILES string of the molecule is CCNc1cc([N+](=O)[O-])cc(N(C)C2CCOC2)n1. The fraction of sp³-hybridized carbons (Fsp3) is 0.583. The van der Waals surface area contributed by atoms with Crippen molar-refractivity contribution in [3.63, 3.8) is 0 Å². The molecule has 104 valence electrons. The molecular weight excluding hydrogens is 248 g/mol. The van der Waals surface area contributed by atoms with Crippen LogP contribution < -0.4 is 10.2 Å². The molecule has 1 aromatic heterocycles. The van der Waals surface area contributed by atoms with Crippen LogP contribution in [0.2, 0.25) is 0 Å². The summed E-state index contributed by atoms with van der Waals surface area (Å²) in [4.78, 5) is 16.9. The lowest BCUT2D eigenvalue weighted by molar-refractivity contribution is -0.384. The van der Waals surface area contributed by atoms with E-state index in [2.05, 4.69) is 10.3 Å². The van der Waals surface area contributed by atoms with Crippen LogP contribution in [0.3, 0.4) is 0 Å². The van der Waals surface area contributed by atoms with E-state index < -0.39 is 4.92 Å². The molecule has 1 aliphatic rings. The van der Waals surface area contributed by atoms with Crippen molar-refractivity contribution in [2.45, 2.75) is 19.4 Å². The third kappa shape index (κ3) is 3.11. The molecule has 0 spiro atoms. The van der Waals surface area contributed by atoms with Crippen LogP contribution in [0.1, 0.15) is 13.3 Å². The minimum atomic E-state index is -0.398. The van der Waals surface area contributed by atoms with Gasteiger partial charge in [-0.2, -0.15) is 0 Å². The molecule has 2 rings (SSSR count). The van der Waals surface area contributed by atoms with Gasteiger partial charge in [0.1, 0.15) is 11.6 Å². The van der Waals surface area contributed by atoms with Crippen molar-refractivity contribution in [1.82, 2.24) is 4.98 Å². The van der Waals surface area contributed by atoms with Crippen molar-refractivity contribution in [3.8, 4) is 0 Å². The second-order valence-electron chi connectivity index (χ2n) is 4.48. The van der Waals surface area contributed by atoms with Crippen molar-refractivity contribution in [3.05, 3.63) is 22.2 Å². The van der Waals surface area contributed by atoms with Gasteiger partial charge in [0.15, 0.2) is 0 Å². The predicted molar refractivity (Wildman–Crippen MR) is 72.7 cm³/mol. The Balaban J connectivity index is 2.29. The van der Waals surface area contributed by atoms with Gasteiger partial charge in [0.05, 0.1) is 29.7 Å². The van der Waals surface area contributed by atoms with Gasteiger partial charge >= 0.3 is 0 Å². The van der Waals surface area contributed by atoms with Crippen molar-refractivity contribution in [2.75, 3.05) is 37.0 Å². The average Bonchev–Trinajstić information content (AvgIpc) is 2.91. The predicted octanol–water partition coefficient (Wildman–Crippen LogP) is 1.65. The van der Waals surface area contributed by atoms with Crippen LogP contribution >= 0.6 is 0 Å². The molecule has 2 heterocycles. The van der Waals surface area contributed by atoms with E-state index in [1.54, 1.807) is 0 Å². The lowest BCUT2D eigenvalue weighted by atomic mass is 10.2. The third-order valence-corrected chi connectivity index (χ3v) is 3.18. The highest BCUT2D eigenvalue weighted by atomic mass is 16.6. The van der Waals surface area contributed by atoms with Crippen molar-refractivity contribution >= 4 is 17.3 Å². The third-order valence-electron chi connectivity index (χ3n) is 3.18. The van der Waals surface area contributed by atoms with Gasteiger partial charge in [0, 0.05) is 20.2 Å². The van der Waals surface area contributed by atoms with Gasteiger partial charge in [-0.25, -0.2) is 4.98 Å². The molecule has 1 aromatic rings. The number of ether oxygens (including phenoxy) is 1. The summed E-state index contributed by atoms with van der Waals surface area (Å²) < 4.78 is 5.34. The van der Waals surface area contributed by atoms with Crippen molar-refractivity contribution in [2.24, 2.45) is 0 Å². The average molecular weight is 266 g/mol. The summed E-state index contributed by atoms with van der Waals surface area (Å²) in [6.45, 7) is 3.96. The number of rotatable bonds is 5. The minimum Gasteiger partial charge on any atom is -0.379 e. The molecule has 0 bridgehead atoms. The van der Waals surface area contributed by atoms with E-state index in [0.717, 1.165) is 13.0 Å². The molecule has 1 N–H and O–H groups in total. The molecule has 0 aromatic carbocycles. The first-order valence-electron chi connectivity index (χ1n) is 6.32. The van der Waals surface area contributed by atoms with Crippen LogP contribution in [0.5, 0.6) is 0 Å². The van der Waals surface area contributed by atoms with Crippen LogP contribution in [0, 0.1) is 10.1 Å². The number of nitrogens with one attached hydrogen (secondary N) is 1. The number of hydrogen-bond acceptors (Lipinski definition) is 6. The van der Waals surface area contributed by atoms with Gasteiger partial charge in [-0.15, -0.1) is 0 Å². The maximum absolute atomic E-state index is 11.0. The second-order valence-corrected chi connectivity index (χ2v) is 4.48. The monoisotopic (exact) mass is 266 g/mol. The Morgan fingerprint density at radius 1 is 1.63 bits per heavy atom. The zero-order valence-corrected chi connectivity index (χ0v) is 11.1. The Morgan fingerprint density at radius 2 is 2.42 bits per heavy atom. The van der Waals surface area contributed by atoms with E-state index in [1.165, 1.54) is 12.1 Å². The second kappa shape index (κ2) is 5.83. The Hall–Kier alpha value is -1.89. The molecule has 1 unspecified atom stereocenters. The van der Waals surface area contributed by atoms with Crippen molar-refractivity contribution in [1.29, 1.82) is 0 Å². The molecule has 0 amide bonds. The fourth-order valence-corrected chi connectivity index (χ4v) is 2.07. The Labute approximate surface area is 111 Å². The van der Waals surface area contributed by atoms with E-state index >= 15 is 0 Å². The summed E-state index contributed by atoms with van der Waals surface area (Å²) in [5.74, 6) is 1.12. The highest BCUT2D eigenvalue weighted by Crippen LogP contribution is 2.25. The number of nitrogens with zero attached hydrogens (tertiary/aromatic N) is 3. The van der Waals surface area contributed by atoms with Gasteiger partial charge in [0.2, 0.25) is 0 Å². The Morgan fingerprint density at radius 3 is 3.00 bits per heavy atom. The molecular formula is C12H18N4O3. The smallest absolute Gasteiger partial charge is 0.276 e. The summed E-state index contributed by atoms with van der Waals surface area (Å²) in [5.41, 5.74) is 0.0479. The topological polar surface area (TPSA) is 80.5 Å². The van der Waals surface area contributed by atoms with Crippen LogP contribution in [0.15, 0.2) is 12.1 Å². The fourth-order valence-electron chi connectivity index (χ4n) is 2.07. The molecule has 0 saturated carbocycles. The van der Waals surface area contributed by atoms with Crippen LogP contribution in [0.4, 0.5) is 17.3 Å². The molecule has 1 aliphatic heterocycles. The molecule has 1 saturated heterocycles. The van der Waals surface area contributed by atoms with Gasteiger partial charge in [-0.1, -0.05) is 0 Å². The molecule has 7 nitrogen and oxygen atoms in total. The van der Waals surface area contributed by atoms with Crippen LogP contribution in [-0.2, 0) is 4.74 Å². The molecule has 19 heavy (non-hydrogen) atoms. The lowest BCUT2D eigenvalue weighted by Gasteiger charge is -2.24. The number of likely N-dealkylation sites (N-methyl/N-ethyl adjacent to an activating group) is 1. The van der Waals surface area contributed by atoms with Gasteiger partial charge in [0.25, 0.3) is 5.69 Å². The Kier molecular flexibility index (Phi) is 4.16. The maximum Gasteiger partial charge on any atom is 0.276 e. The van der Waals surface area contributed by atoms with E-state index in [1.807, 2.05) is 18.9 Å². The van der Waals surface area contributed by atoms with Gasteiger partial charge < -0.3 is 15.0 Å². The first kappa shape index (κ1) is 13.5. The number of pyridine rings is 1. The standard InChI is InChI=1S/C12H18N4O3/c1-3-13-11-6-10(16(17)18)7-12(14-11)15(2)9-4-5-19-8-9/h6-7,9H,3-5,8H2,1-2H3,(H,13,14). The highest BCUT2D eigenvalue weighted by molar-refractivity contribution is 5.56. The minimum absolute atomic E-state index is 0.0479. The summed E-state index contributed by atoms with van der Waals surface area (Å²) >= 11 is 0. The summed E-state index contributed by atoms with van der Waals surface area (Å²) in [6, 6.07) is 3.18. The Bertz CT molecular complexity index is 460. The largest absolute Gasteiger partial charge is 0.379 e. The number of hydrogen-bond donors (Lipinski definition) is 1. The summed E-state index contributed by atoms with van der Waals surface area (Å²) in [5, 5.41) is 14.0. The number of aromatic nitrogens is 1. The number of nitro groups is 1. The normalized spacial score (nSPS) is 18.3. The summed E-state index contributed by atoms with van der Waals surface area (Å²) in [6.07, 6.45) is 0.914. The lowest BCUT2D eigenvalue weighted by Crippen LogP contribution is -2.32. The van der Waals surface area contributed by atoms with E-state index in [0.29, 0.717) is 24.8 Å². The highest BCUT2D eigenvalue weighted by Gasteiger charge is 2.23. The first-order chi connectivity index (χ1) is 9.11. The quantitative estimate of drug-likeness (QED) is 0.644. The molecule has 0 radical (unpaired) electrons. The van der Waals surface area contributed by atoms with Gasteiger partial charge in [-0.05, 0) is 13.3 Å². The van der Waals surface area contributed by atoms with E-state index in [9.17, 15) is 10.1 Å². The molecule has 1 fully saturated rings. The maximum atomic E-state index is 11.0. The zero-order chi connectivity index (χ0) is 13.8. The molecule has 7 heteroatoms. The van der Waals surface area contributed by atoms with E-state index in [4.69, 9.17) is 4.74 Å². The first-order valence-corrected chi connectivity index (χ1v) is 6.32.